The van der Waals surface area contributed by atoms with E-state index in [0.29, 0.717) is 31.2 Å². The second kappa shape index (κ2) is 8.48. The molecule has 152 valence electrons. The van der Waals surface area contributed by atoms with Gasteiger partial charge in [0.05, 0.1) is 17.6 Å². The number of halogens is 1. The van der Waals surface area contributed by atoms with Crippen molar-refractivity contribution in [3.05, 3.63) is 68.2 Å². The molecule has 1 aliphatic heterocycles. The number of ether oxygens (including phenoxy) is 1. The van der Waals surface area contributed by atoms with E-state index < -0.39 is 10.9 Å². The number of rotatable bonds is 4. The van der Waals surface area contributed by atoms with Crippen LogP contribution in [0.4, 0.5) is 11.4 Å². The number of esters is 1. The zero-order valence-corrected chi connectivity index (χ0v) is 16.8. The first-order valence-corrected chi connectivity index (χ1v) is 9.36. The van der Waals surface area contributed by atoms with Crippen LogP contribution in [0.25, 0.3) is 0 Å². The maximum absolute atomic E-state index is 12.9. The zero-order valence-electron chi connectivity index (χ0n) is 16.1. The van der Waals surface area contributed by atoms with Crippen LogP contribution in [0.15, 0.2) is 36.4 Å². The third kappa shape index (κ3) is 4.48. The van der Waals surface area contributed by atoms with Gasteiger partial charge in [-0.1, -0.05) is 17.7 Å². The summed E-state index contributed by atoms with van der Waals surface area (Å²) in [6.45, 7) is 4.10. The Bertz CT molecular complexity index is 971. The minimum Gasteiger partial charge on any atom is -0.465 e. The van der Waals surface area contributed by atoms with Crippen molar-refractivity contribution in [2.45, 2.75) is 6.92 Å². The first kappa shape index (κ1) is 20.6. The number of hydrogen-bond acceptors (Lipinski definition) is 6. The molecule has 1 amide bonds. The number of anilines is 1. The predicted octanol–water partition coefficient (Wildman–Crippen LogP) is 3.31. The maximum atomic E-state index is 12.9. The van der Waals surface area contributed by atoms with Gasteiger partial charge in [0.1, 0.15) is 0 Å². The van der Waals surface area contributed by atoms with Gasteiger partial charge in [0.15, 0.2) is 0 Å². The fraction of sp³-hybridized carbons (Fsp3) is 0.300. The molecule has 0 spiro atoms. The number of carbonyl (C=O) groups is 2. The zero-order chi connectivity index (χ0) is 21.1. The molecule has 1 saturated heterocycles. The predicted molar refractivity (Wildman–Crippen MR) is 109 cm³/mol. The molecule has 29 heavy (non-hydrogen) atoms. The van der Waals surface area contributed by atoms with E-state index in [9.17, 15) is 19.7 Å². The van der Waals surface area contributed by atoms with Crippen molar-refractivity contribution >= 4 is 34.9 Å². The van der Waals surface area contributed by atoms with Crippen molar-refractivity contribution < 1.29 is 19.2 Å². The lowest BCUT2D eigenvalue weighted by molar-refractivity contribution is -0.384. The van der Waals surface area contributed by atoms with E-state index in [1.165, 1.54) is 19.2 Å². The Morgan fingerprint density at radius 3 is 2.34 bits per heavy atom. The van der Waals surface area contributed by atoms with Crippen LogP contribution in [0.3, 0.4) is 0 Å². The van der Waals surface area contributed by atoms with E-state index in [0.717, 1.165) is 17.3 Å². The molecule has 0 aliphatic carbocycles. The van der Waals surface area contributed by atoms with Crippen molar-refractivity contribution in [1.82, 2.24) is 4.90 Å². The standard InChI is InChI=1S/C20H20ClN3O5/c1-13-3-4-16(21)12-18(13)22-5-7-23(8-6-22)19(25)14-9-15(20(26)29-2)11-17(10-14)24(27)28/h3-4,9-12H,5-8H2,1-2H3. The average molecular weight is 418 g/mol. The smallest absolute Gasteiger partial charge is 0.338 e. The van der Waals surface area contributed by atoms with E-state index in [1.807, 2.05) is 25.1 Å². The molecule has 0 atom stereocenters. The number of carbonyl (C=O) groups excluding carboxylic acids is 2. The van der Waals surface area contributed by atoms with Gasteiger partial charge in [-0.2, -0.15) is 0 Å². The Balaban J connectivity index is 1.78. The molecule has 1 aliphatic rings. The van der Waals surface area contributed by atoms with Crippen molar-refractivity contribution in [3.8, 4) is 0 Å². The summed E-state index contributed by atoms with van der Waals surface area (Å²) in [6.07, 6.45) is 0. The number of benzene rings is 2. The topological polar surface area (TPSA) is 93.0 Å². The molecule has 3 rings (SSSR count). The lowest BCUT2D eigenvalue weighted by Gasteiger charge is -2.37. The number of methoxy groups -OCH3 is 1. The molecule has 0 aromatic heterocycles. The Hall–Kier alpha value is -3.13. The fourth-order valence-corrected chi connectivity index (χ4v) is 3.50. The molecule has 0 bridgehead atoms. The molecule has 0 N–H and O–H groups in total. The molecule has 1 heterocycles. The van der Waals surface area contributed by atoms with Gasteiger partial charge < -0.3 is 14.5 Å². The van der Waals surface area contributed by atoms with Crippen molar-refractivity contribution in [2.75, 3.05) is 38.2 Å². The van der Waals surface area contributed by atoms with E-state index in [2.05, 4.69) is 9.64 Å². The van der Waals surface area contributed by atoms with Crippen LogP contribution in [0.5, 0.6) is 0 Å². The van der Waals surface area contributed by atoms with Gasteiger partial charge in [-0.15, -0.1) is 0 Å². The molecule has 0 unspecified atom stereocenters. The van der Waals surface area contributed by atoms with Crippen LogP contribution in [0.1, 0.15) is 26.3 Å². The van der Waals surface area contributed by atoms with Gasteiger partial charge in [0.2, 0.25) is 0 Å². The maximum Gasteiger partial charge on any atom is 0.338 e. The van der Waals surface area contributed by atoms with E-state index in [-0.39, 0.29) is 22.7 Å². The number of nitro benzene ring substituents is 1. The first-order chi connectivity index (χ1) is 13.8. The number of amides is 1. The van der Waals surface area contributed by atoms with Gasteiger partial charge in [0.25, 0.3) is 11.6 Å². The van der Waals surface area contributed by atoms with E-state index >= 15 is 0 Å². The average Bonchev–Trinajstić information content (AvgIpc) is 2.74. The summed E-state index contributed by atoms with van der Waals surface area (Å²) in [5.41, 5.74) is 1.85. The number of aryl methyl sites for hydroxylation is 1. The Labute approximate surface area is 172 Å². The van der Waals surface area contributed by atoms with Crippen LogP contribution in [0.2, 0.25) is 5.02 Å². The van der Waals surface area contributed by atoms with Gasteiger partial charge >= 0.3 is 5.97 Å². The van der Waals surface area contributed by atoms with Gasteiger partial charge in [-0.3, -0.25) is 14.9 Å². The third-order valence-electron chi connectivity index (χ3n) is 4.88. The SMILES string of the molecule is COC(=O)c1cc(C(=O)N2CCN(c3cc(Cl)ccc3C)CC2)cc([N+](=O)[O-])c1. The monoisotopic (exact) mass is 417 g/mol. The second-order valence-corrected chi connectivity index (χ2v) is 7.16. The van der Waals surface area contributed by atoms with Gasteiger partial charge in [-0.05, 0) is 30.7 Å². The Kier molecular flexibility index (Phi) is 6.03. The molecule has 0 saturated carbocycles. The highest BCUT2D eigenvalue weighted by molar-refractivity contribution is 6.30. The van der Waals surface area contributed by atoms with Crippen molar-refractivity contribution in [2.24, 2.45) is 0 Å². The van der Waals surface area contributed by atoms with Crippen LogP contribution < -0.4 is 4.90 Å². The van der Waals surface area contributed by atoms with Crippen molar-refractivity contribution in [3.63, 3.8) is 0 Å². The summed E-state index contributed by atoms with van der Waals surface area (Å²) in [4.78, 5) is 39.0. The van der Waals surface area contributed by atoms with E-state index in [1.54, 1.807) is 4.90 Å². The minimum absolute atomic E-state index is 0.0294. The van der Waals surface area contributed by atoms with Crippen LogP contribution in [0, 0.1) is 17.0 Å². The van der Waals surface area contributed by atoms with Crippen LogP contribution >= 0.6 is 11.6 Å². The molecular weight excluding hydrogens is 398 g/mol. The van der Waals surface area contributed by atoms with Gasteiger partial charge in [0, 0.05) is 54.6 Å². The summed E-state index contributed by atoms with van der Waals surface area (Å²) >= 11 is 6.10. The van der Waals surface area contributed by atoms with Crippen LogP contribution in [-0.2, 0) is 4.74 Å². The molecule has 0 radical (unpaired) electrons. The Morgan fingerprint density at radius 2 is 1.72 bits per heavy atom. The molecule has 8 nitrogen and oxygen atoms in total. The normalized spacial score (nSPS) is 13.9. The third-order valence-corrected chi connectivity index (χ3v) is 5.11. The highest BCUT2D eigenvalue weighted by atomic mass is 35.5. The molecule has 9 heteroatoms. The first-order valence-electron chi connectivity index (χ1n) is 8.98. The fourth-order valence-electron chi connectivity index (χ4n) is 3.33. The summed E-state index contributed by atoms with van der Waals surface area (Å²) < 4.78 is 4.63. The molecule has 1 fully saturated rings. The number of hydrogen-bond donors (Lipinski definition) is 0. The van der Waals surface area contributed by atoms with Crippen molar-refractivity contribution in [1.29, 1.82) is 0 Å². The lowest BCUT2D eigenvalue weighted by atomic mass is 10.1. The van der Waals surface area contributed by atoms with Crippen LogP contribution in [-0.4, -0.2) is 55.0 Å². The lowest BCUT2D eigenvalue weighted by Crippen LogP contribution is -2.49. The summed E-state index contributed by atoms with van der Waals surface area (Å²) in [7, 11) is 1.18. The molecule has 2 aromatic rings. The number of nitrogens with zero attached hydrogens (tertiary/aromatic N) is 3. The highest BCUT2D eigenvalue weighted by Crippen LogP contribution is 2.26. The molecule has 2 aromatic carbocycles. The largest absolute Gasteiger partial charge is 0.465 e. The minimum atomic E-state index is -0.732. The second-order valence-electron chi connectivity index (χ2n) is 6.73. The van der Waals surface area contributed by atoms with Gasteiger partial charge in [-0.25, -0.2) is 4.79 Å². The number of nitro groups is 1. The number of piperazine rings is 1. The highest BCUT2D eigenvalue weighted by Gasteiger charge is 2.26. The van der Waals surface area contributed by atoms with E-state index in [4.69, 9.17) is 11.6 Å². The Morgan fingerprint density at radius 1 is 1.07 bits per heavy atom. The number of non-ortho nitro benzene ring substituents is 1. The summed E-state index contributed by atoms with van der Waals surface area (Å²) in [5.74, 6) is -1.09. The quantitative estimate of drug-likeness (QED) is 0.430. The molecular formula is C20H20ClN3O5. The summed E-state index contributed by atoms with van der Waals surface area (Å²) in [5, 5.41) is 11.8. The summed E-state index contributed by atoms with van der Waals surface area (Å²) in [6, 6.07) is 9.30.